The fraction of sp³-hybridized carbons (Fsp3) is 0.111. The number of benzene rings is 3. The zero-order valence-corrected chi connectivity index (χ0v) is 18.8. The second-order valence-electron chi connectivity index (χ2n) is 7.75. The van der Waals surface area contributed by atoms with Gasteiger partial charge in [0.1, 0.15) is 11.6 Å². The van der Waals surface area contributed by atoms with Gasteiger partial charge in [0.2, 0.25) is 5.82 Å². The second-order valence-corrected chi connectivity index (χ2v) is 7.75. The van der Waals surface area contributed by atoms with Crippen molar-refractivity contribution in [2.75, 3.05) is 0 Å². The molecule has 7 heteroatoms. The SMILES string of the molecule is C=C(C)C(=O)Oc1ccc(-c2ccc(-c3ccc(OC(=O)C(=C)C)c(F)c3F)c(F)c2)c(C)c1. The first kappa shape index (κ1) is 24.5. The van der Waals surface area contributed by atoms with Crippen molar-refractivity contribution in [2.24, 2.45) is 0 Å². The lowest BCUT2D eigenvalue weighted by atomic mass is 9.96. The molecule has 0 N–H and O–H groups in total. The van der Waals surface area contributed by atoms with Crippen LogP contribution < -0.4 is 9.47 Å². The van der Waals surface area contributed by atoms with Crippen LogP contribution >= 0.6 is 0 Å². The predicted octanol–water partition coefficient (Wildman–Crippen LogP) is 6.71. The smallest absolute Gasteiger partial charge is 0.338 e. The number of carbonyl (C=O) groups excluding carboxylic acids is 2. The summed E-state index contributed by atoms with van der Waals surface area (Å²) >= 11 is 0. The third-order valence-corrected chi connectivity index (χ3v) is 4.93. The van der Waals surface area contributed by atoms with Crippen LogP contribution in [0.25, 0.3) is 22.3 Å². The maximum Gasteiger partial charge on any atom is 0.338 e. The molecule has 0 fully saturated rings. The number of carbonyl (C=O) groups is 2. The molecule has 0 aromatic heterocycles. The number of ether oxygens (including phenoxy) is 2. The van der Waals surface area contributed by atoms with Crippen molar-refractivity contribution >= 4 is 11.9 Å². The largest absolute Gasteiger partial charge is 0.423 e. The fourth-order valence-electron chi connectivity index (χ4n) is 3.12. The van der Waals surface area contributed by atoms with Crippen molar-refractivity contribution in [1.82, 2.24) is 0 Å². The summed E-state index contributed by atoms with van der Waals surface area (Å²) in [5, 5.41) is 0. The van der Waals surface area contributed by atoms with Gasteiger partial charge in [-0.2, -0.15) is 4.39 Å². The average Bonchev–Trinajstić information content (AvgIpc) is 2.77. The summed E-state index contributed by atoms with van der Waals surface area (Å²) in [4.78, 5) is 23.3. The summed E-state index contributed by atoms with van der Waals surface area (Å²) in [6, 6.07) is 11.1. The molecule has 174 valence electrons. The number of hydrogen-bond donors (Lipinski definition) is 0. The normalized spacial score (nSPS) is 10.5. The second kappa shape index (κ2) is 9.79. The third kappa shape index (κ3) is 5.09. The molecule has 3 aromatic carbocycles. The van der Waals surface area contributed by atoms with E-state index in [2.05, 4.69) is 13.2 Å². The summed E-state index contributed by atoms with van der Waals surface area (Å²) in [7, 11) is 0. The molecule has 0 unspecified atom stereocenters. The Hall–Kier alpha value is -4.13. The van der Waals surface area contributed by atoms with Crippen LogP contribution in [0.2, 0.25) is 0 Å². The van der Waals surface area contributed by atoms with E-state index in [0.717, 1.165) is 12.1 Å². The Balaban J connectivity index is 1.92. The van der Waals surface area contributed by atoms with Gasteiger partial charge in [0.05, 0.1) is 0 Å². The van der Waals surface area contributed by atoms with Crippen LogP contribution in [0.5, 0.6) is 11.5 Å². The van der Waals surface area contributed by atoms with Gasteiger partial charge in [-0.1, -0.05) is 31.4 Å². The van der Waals surface area contributed by atoms with Gasteiger partial charge in [0.15, 0.2) is 11.6 Å². The number of hydrogen-bond acceptors (Lipinski definition) is 4. The lowest BCUT2D eigenvalue weighted by Crippen LogP contribution is -2.10. The highest BCUT2D eigenvalue weighted by molar-refractivity contribution is 5.89. The Kier molecular flexibility index (Phi) is 7.05. The zero-order valence-electron chi connectivity index (χ0n) is 18.8. The molecule has 3 rings (SSSR count). The van der Waals surface area contributed by atoms with Crippen molar-refractivity contribution in [3.05, 3.63) is 95.9 Å². The standard InChI is InChI=1S/C27H21F3O4/c1-14(2)26(31)33-18-7-9-19(16(5)12-18)17-6-8-20(22(28)13-17)21-10-11-23(25(30)24(21)29)34-27(32)15(3)4/h6-13H,1,3H2,2,4-5H3. The molecule has 4 nitrogen and oxygen atoms in total. The molecule has 3 aromatic rings. The van der Waals surface area contributed by atoms with Crippen LogP contribution in [0.3, 0.4) is 0 Å². The van der Waals surface area contributed by atoms with Crippen molar-refractivity contribution < 1.29 is 32.2 Å². The predicted molar refractivity (Wildman–Crippen MR) is 123 cm³/mol. The van der Waals surface area contributed by atoms with Crippen molar-refractivity contribution in [3.63, 3.8) is 0 Å². The highest BCUT2D eigenvalue weighted by Gasteiger charge is 2.20. The van der Waals surface area contributed by atoms with E-state index in [9.17, 15) is 22.8 Å². The minimum atomic E-state index is -1.41. The topological polar surface area (TPSA) is 52.6 Å². The molecule has 0 bridgehead atoms. The van der Waals surface area contributed by atoms with Crippen LogP contribution in [0, 0.1) is 24.4 Å². The molecule has 0 heterocycles. The van der Waals surface area contributed by atoms with Gasteiger partial charge in [-0.3, -0.25) is 0 Å². The Morgan fingerprint density at radius 1 is 0.735 bits per heavy atom. The van der Waals surface area contributed by atoms with Crippen LogP contribution in [-0.2, 0) is 9.59 Å². The maximum atomic E-state index is 15.0. The molecular weight excluding hydrogens is 445 g/mol. The third-order valence-electron chi connectivity index (χ3n) is 4.93. The maximum absolute atomic E-state index is 15.0. The molecular formula is C27H21F3O4. The lowest BCUT2D eigenvalue weighted by molar-refractivity contribution is -0.131. The van der Waals surface area contributed by atoms with Crippen LogP contribution in [0.15, 0.2) is 72.8 Å². The minimum absolute atomic E-state index is 0.0165. The molecule has 0 saturated carbocycles. The monoisotopic (exact) mass is 466 g/mol. The van der Waals surface area contributed by atoms with Gasteiger partial charge in [-0.15, -0.1) is 0 Å². The molecule has 0 aliphatic rings. The van der Waals surface area contributed by atoms with Gasteiger partial charge < -0.3 is 9.47 Å². The van der Waals surface area contributed by atoms with E-state index in [0.29, 0.717) is 22.4 Å². The Morgan fingerprint density at radius 3 is 1.91 bits per heavy atom. The fourth-order valence-corrected chi connectivity index (χ4v) is 3.12. The van der Waals surface area contributed by atoms with Gasteiger partial charge in [-0.05, 0) is 67.8 Å². The summed E-state index contributed by atoms with van der Waals surface area (Å²) in [5.74, 6) is -5.30. The van der Waals surface area contributed by atoms with E-state index in [1.54, 1.807) is 31.2 Å². The van der Waals surface area contributed by atoms with Crippen molar-refractivity contribution in [1.29, 1.82) is 0 Å². The first-order valence-electron chi connectivity index (χ1n) is 10.1. The van der Waals surface area contributed by atoms with E-state index in [4.69, 9.17) is 9.47 Å². The van der Waals surface area contributed by atoms with Gasteiger partial charge in [0, 0.05) is 22.3 Å². The van der Waals surface area contributed by atoms with Crippen LogP contribution in [0.1, 0.15) is 19.4 Å². The van der Waals surface area contributed by atoms with E-state index >= 15 is 0 Å². The Morgan fingerprint density at radius 2 is 1.32 bits per heavy atom. The van der Waals surface area contributed by atoms with E-state index in [1.807, 2.05) is 0 Å². The molecule has 0 atom stereocenters. The molecule has 0 radical (unpaired) electrons. The molecule has 0 aliphatic carbocycles. The molecule has 34 heavy (non-hydrogen) atoms. The molecule has 0 saturated heterocycles. The lowest BCUT2D eigenvalue weighted by Gasteiger charge is -2.12. The first-order valence-corrected chi connectivity index (χ1v) is 10.1. The van der Waals surface area contributed by atoms with Gasteiger partial charge in [-0.25, -0.2) is 18.4 Å². The number of aryl methyl sites for hydroxylation is 1. The number of esters is 2. The average molecular weight is 466 g/mol. The first-order chi connectivity index (χ1) is 16.0. The Labute approximate surface area is 194 Å². The minimum Gasteiger partial charge on any atom is -0.423 e. The molecule has 0 aliphatic heterocycles. The number of halogens is 3. The molecule has 0 spiro atoms. The zero-order chi connectivity index (χ0) is 25.2. The van der Waals surface area contributed by atoms with Gasteiger partial charge in [0.25, 0.3) is 0 Å². The Bertz CT molecular complexity index is 1340. The van der Waals surface area contributed by atoms with E-state index in [-0.39, 0.29) is 22.3 Å². The van der Waals surface area contributed by atoms with Crippen LogP contribution in [0.4, 0.5) is 13.2 Å². The van der Waals surface area contributed by atoms with Crippen LogP contribution in [-0.4, -0.2) is 11.9 Å². The summed E-state index contributed by atoms with van der Waals surface area (Å²) in [6.07, 6.45) is 0. The van der Waals surface area contributed by atoms with E-state index < -0.39 is 35.1 Å². The summed E-state index contributed by atoms with van der Waals surface area (Å²) in [5.41, 5.74) is 1.64. The highest BCUT2D eigenvalue weighted by atomic mass is 19.2. The summed E-state index contributed by atoms with van der Waals surface area (Å²) < 4.78 is 54.0. The van der Waals surface area contributed by atoms with Crippen molar-refractivity contribution in [3.8, 4) is 33.8 Å². The number of rotatable bonds is 6. The quantitative estimate of drug-likeness (QED) is 0.230. The summed E-state index contributed by atoms with van der Waals surface area (Å²) in [6.45, 7) is 11.6. The molecule has 0 amide bonds. The van der Waals surface area contributed by atoms with Crippen molar-refractivity contribution in [2.45, 2.75) is 20.8 Å². The van der Waals surface area contributed by atoms with Gasteiger partial charge >= 0.3 is 11.9 Å². The highest BCUT2D eigenvalue weighted by Crippen LogP contribution is 2.35. The van der Waals surface area contributed by atoms with E-state index in [1.165, 1.54) is 26.0 Å².